The van der Waals surface area contributed by atoms with E-state index >= 15 is 0 Å². The van der Waals surface area contributed by atoms with E-state index in [4.69, 9.17) is 17.3 Å². The fraction of sp³-hybridized carbons (Fsp3) is 0.0625. The Labute approximate surface area is 122 Å². The minimum absolute atomic E-state index is 0.553. The van der Waals surface area contributed by atoms with Gasteiger partial charge in [0, 0.05) is 34.5 Å². The molecule has 0 unspecified atom stereocenters. The Hall–Kier alpha value is -2.10. The topological polar surface area (TPSA) is 50.9 Å². The van der Waals surface area contributed by atoms with E-state index in [1.54, 1.807) is 6.20 Å². The molecule has 0 saturated heterocycles. The van der Waals surface area contributed by atoms with Gasteiger partial charge in [-0.2, -0.15) is 0 Å². The first-order valence-corrected chi connectivity index (χ1v) is 6.74. The molecule has 0 aliphatic heterocycles. The number of aromatic nitrogens is 1. The van der Waals surface area contributed by atoms with Crippen LogP contribution in [-0.4, -0.2) is 4.98 Å². The smallest absolute Gasteiger partial charge is 0.0737 e. The molecule has 3 N–H and O–H groups in total. The van der Waals surface area contributed by atoms with Crippen LogP contribution in [0.3, 0.4) is 0 Å². The fourth-order valence-electron chi connectivity index (χ4n) is 2.11. The van der Waals surface area contributed by atoms with Gasteiger partial charge in [0.1, 0.15) is 0 Å². The summed E-state index contributed by atoms with van der Waals surface area (Å²) in [6.45, 7) is 0.553. The summed E-state index contributed by atoms with van der Waals surface area (Å²) in [6, 6.07) is 15.7. The Morgan fingerprint density at radius 3 is 2.60 bits per heavy atom. The van der Waals surface area contributed by atoms with E-state index in [1.165, 1.54) is 0 Å². The second-order valence-electron chi connectivity index (χ2n) is 4.55. The molecule has 1 heterocycles. The molecule has 0 saturated carbocycles. The number of anilines is 2. The lowest BCUT2D eigenvalue weighted by molar-refractivity contribution is 1.07. The van der Waals surface area contributed by atoms with E-state index in [9.17, 15) is 0 Å². The van der Waals surface area contributed by atoms with E-state index in [0.717, 1.165) is 27.8 Å². The first kappa shape index (κ1) is 12.9. The standard InChI is InChI=1S/C16H14ClN3/c17-12-3-6-14-15(7-8-19-16(14)9-12)20-13-4-1-11(10-18)2-5-13/h1-9H,10,18H2,(H,19,20). The second kappa shape index (κ2) is 5.49. The Balaban J connectivity index is 1.97. The van der Waals surface area contributed by atoms with E-state index in [-0.39, 0.29) is 0 Å². The molecule has 0 amide bonds. The van der Waals surface area contributed by atoms with E-state index in [2.05, 4.69) is 10.3 Å². The summed E-state index contributed by atoms with van der Waals surface area (Å²) in [6.07, 6.45) is 1.77. The average molecular weight is 284 g/mol. The molecule has 0 radical (unpaired) electrons. The van der Waals surface area contributed by atoms with Gasteiger partial charge in [-0.1, -0.05) is 23.7 Å². The molecule has 0 atom stereocenters. The van der Waals surface area contributed by atoms with Gasteiger partial charge < -0.3 is 11.1 Å². The molecule has 0 spiro atoms. The summed E-state index contributed by atoms with van der Waals surface area (Å²) in [5.74, 6) is 0. The van der Waals surface area contributed by atoms with Gasteiger partial charge in [-0.25, -0.2) is 0 Å². The maximum atomic E-state index is 5.99. The molecule has 3 rings (SSSR count). The van der Waals surface area contributed by atoms with Crippen LogP contribution in [0.25, 0.3) is 10.9 Å². The number of nitrogens with two attached hydrogens (primary N) is 1. The second-order valence-corrected chi connectivity index (χ2v) is 4.98. The third kappa shape index (κ3) is 2.59. The van der Waals surface area contributed by atoms with Crippen molar-refractivity contribution in [2.75, 3.05) is 5.32 Å². The van der Waals surface area contributed by atoms with Crippen LogP contribution in [-0.2, 0) is 6.54 Å². The van der Waals surface area contributed by atoms with Gasteiger partial charge in [0.15, 0.2) is 0 Å². The predicted octanol–water partition coefficient (Wildman–Crippen LogP) is 4.09. The molecule has 20 heavy (non-hydrogen) atoms. The predicted molar refractivity (Wildman–Crippen MR) is 84.4 cm³/mol. The number of hydrogen-bond acceptors (Lipinski definition) is 3. The van der Waals surface area contributed by atoms with Crippen LogP contribution >= 0.6 is 11.6 Å². The molecule has 0 fully saturated rings. The van der Waals surface area contributed by atoms with Crippen molar-refractivity contribution in [1.29, 1.82) is 0 Å². The Kier molecular flexibility index (Phi) is 3.54. The molecule has 0 aliphatic carbocycles. The zero-order valence-corrected chi connectivity index (χ0v) is 11.6. The van der Waals surface area contributed by atoms with Gasteiger partial charge in [0.05, 0.1) is 5.52 Å². The van der Waals surface area contributed by atoms with Crippen LogP contribution in [0.15, 0.2) is 54.7 Å². The van der Waals surface area contributed by atoms with E-state index in [0.29, 0.717) is 11.6 Å². The molecule has 4 heteroatoms. The zero-order valence-electron chi connectivity index (χ0n) is 10.8. The Bertz CT molecular complexity index is 738. The van der Waals surface area contributed by atoms with Crippen LogP contribution in [0.1, 0.15) is 5.56 Å². The monoisotopic (exact) mass is 283 g/mol. The zero-order chi connectivity index (χ0) is 13.9. The summed E-state index contributed by atoms with van der Waals surface area (Å²) < 4.78 is 0. The molecule has 2 aromatic carbocycles. The lowest BCUT2D eigenvalue weighted by atomic mass is 10.1. The highest BCUT2D eigenvalue weighted by atomic mass is 35.5. The van der Waals surface area contributed by atoms with Crippen molar-refractivity contribution >= 4 is 33.9 Å². The van der Waals surface area contributed by atoms with Crippen molar-refractivity contribution in [2.24, 2.45) is 5.73 Å². The minimum Gasteiger partial charge on any atom is -0.355 e. The molecular formula is C16H14ClN3. The SMILES string of the molecule is NCc1ccc(Nc2ccnc3cc(Cl)ccc23)cc1. The van der Waals surface area contributed by atoms with E-state index in [1.807, 2.05) is 48.5 Å². The van der Waals surface area contributed by atoms with Gasteiger partial charge in [-0.05, 0) is 42.0 Å². The quantitative estimate of drug-likeness (QED) is 0.761. The van der Waals surface area contributed by atoms with Crippen LogP contribution in [0.2, 0.25) is 5.02 Å². The van der Waals surface area contributed by atoms with Crippen molar-refractivity contribution in [3.05, 3.63) is 65.3 Å². The van der Waals surface area contributed by atoms with Crippen molar-refractivity contribution in [3.8, 4) is 0 Å². The largest absolute Gasteiger partial charge is 0.355 e. The van der Waals surface area contributed by atoms with Gasteiger partial charge in [-0.3, -0.25) is 4.98 Å². The van der Waals surface area contributed by atoms with Crippen LogP contribution in [0.4, 0.5) is 11.4 Å². The highest BCUT2D eigenvalue weighted by Gasteiger charge is 2.03. The number of rotatable bonds is 3. The maximum absolute atomic E-state index is 5.99. The lowest BCUT2D eigenvalue weighted by Crippen LogP contribution is -1.97. The first-order valence-electron chi connectivity index (χ1n) is 6.36. The summed E-state index contributed by atoms with van der Waals surface area (Å²) in [4.78, 5) is 4.33. The number of fused-ring (bicyclic) bond motifs is 1. The maximum Gasteiger partial charge on any atom is 0.0737 e. The number of benzene rings is 2. The Morgan fingerprint density at radius 1 is 1.05 bits per heavy atom. The van der Waals surface area contributed by atoms with Gasteiger partial charge >= 0.3 is 0 Å². The number of nitrogens with one attached hydrogen (secondary N) is 1. The van der Waals surface area contributed by atoms with Gasteiger partial charge in [0.25, 0.3) is 0 Å². The number of hydrogen-bond donors (Lipinski definition) is 2. The highest BCUT2D eigenvalue weighted by molar-refractivity contribution is 6.31. The molecule has 3 nitrogen and oxygen atoms in total. The summed E-state index contributed by atoms with van der Waals surface area (Å²) in [5.41, 5.74) is 9.61. The normalized spacial score (nSPS) is 10.7. The molecule has 100 valence electrons. The molecular weight excluding hydrogens is 270 g/mol. The number of nitrogens with zero attached hydrogens (tertiary/aromatic N) is 1. The Morgan fingerprint density at radius 2 is 1.85 bits per heavy atom. The van der Waals surface area contributed by atoms with Crippen molar-refractivity contribution in [2.45, 2.75) is 6.54 Å². The molecule has 0 aliphatic rings. The van der Waals surface area contributed by atoms with Crippen LogP contribution in [0, 0.1) is 0 Å². The average Bonchev–Trinajstić information content (AvgIpc) is 2.48. The minimum atomic E-state index is 0.553. The third-order valence-corrected chi connectivity index (χ3v) is 3.41. The fourth-order valence-corrected chi connectivity index (χ4v) is 2.28. The summed E-state index contributed by atoms with van der Waals surface area (Å²) in [5, 5.41) is 5.12. The molecule has 0 bridgehead atoms. The van der Waals surface area contributed by atoms with Gasteiger partial charge in [0.2, 0.25) is 0 Å². The summed E-state index contributed by atoms with van der Waals surface area (Å²) in [7, 11) is 0. The first-order chi connectivity index (χ1) is 9.76. The van der Waals surface area contributed by atoms with Gasteiger partial charge in [-0.15, -0.1) is 0 Å². The summed E-state index contributed by atoms with van der Waals surface area (Å²) >= 11 is 5.99. The highest BCUT2D eigenvalue weighted by Crippen LogP contribution is 2.27. The van der Waals surface area contributed by atoms with Crippen molar-refractivity contribution < 1.29 is 0 Å². The van der Waals surface area contributed by atoms with E-state index < -0.39 is 0 Å². The lowest BCUT2D eigenvalue weighted by Gasteiger charge is -2.10. The van der Waals surface area contributed by atoms with Crippen molar-refractivity contribution in [3.63, 3.8) is 0 Å². The number of halogens is 1. The van der Waals surface area contributed by atoms with Crippen LogP contribution < -0.4 is 11.1 Å². The molecule has 3 aromatic rings. The van der Waals surface area contributed by atoms with Crippen molar-refractivity contribution in [1.82, 2.24) is 4.98 Å². The molecule has 1 aromatic heterocycles. The van der Waals surface area contributed by atoms with Crippen LogP contribution in [0.5, 0.6) is 0 Å². The number of pyridine rings is 1. The third-order valence-electron chi connectivity index (χ3n) is 3.17.